The molecule has 0 spiro atoms. The van der Waals surface area contributed by atoms with E-state index in [1.165, 1.54) is 12.8 Å². The predicted octanol–water partition coefficient (Wildman–Crippen LogP) is 1.95. The van der Waals surface area contributed by atoms with Crippen molar-refractivity contribution in [3.63, 3.8) is 0 Å². The van der Waals surface area contributed by atoms with Crippen LogP contribution in [0.15, 0.2) is 18.2 Å². The van der Waals surface area contributed by atoms with E-state index in [0.717, 1.165) is 12.1 Å². The first-order valence-corrected chi connectivity index (χ1v) is 6.74. The quantitative estimate of drug-likeness (QED) is 0.824. The molecule has 0 aliphatic heterocycles. The van der Waals surface area contributed by atoms with Gasteiger partial charge in [-0.25, -0.2) is 0 Å². The number of hydrogen-bond donors (Lipinski definition) is 2. The van der Waals surface area contributed by atoms with E-state index in [0.29, 0.717) is 17.2 Å². The summed E-state index contributed by atoms with van der Waals surface area (Å²) in [6, 6.07) is 5.59. The van der Waals surface area contributed by atoms with E-state index in [-0.39, 0.29) is 12.5 Å². The highest BCUT2D eigenvalue weighted by Crippen LogP contribution is 2.28. The summed E-state index contributed by atoms with van der Waals surface area (Å²) in [4.78, 5) is 11.6. The van der Waals surface area contributed by atoms with Crippen LogP contribution in [0.3, 0.4) is 0 Å². The molecule has 1 aliphatic carbocycles. The van der Waals surface area contributed by atoms with Gasteiger partial charge in [-0.15, -0.1) is 0 Å². The van der Waals surface area contributed by atoms with Crippen molar-refractivity contribution in [2.24, 2.45) is 5.92 Å². The van der Waals surface area contributed by atoms with Gasteiger partial charge < -0.3 is 15.2 Å². The van der Waals surface area contributed by atoms with Gasteiger partial charge in [0.05, 0.1) is 6.10 Å². The summed E-state index contributed by atoms with van der Waals surface area (Å²) in [7, 11) is 0. The van der Waals surface area contributed by atoms with Gasteiger partial charge >= 0.3 is 0 Å². The van der Waals surface area contributed by atoms with Gasteiger partial charge in [0.1, 0.15) is 5.75 Å². The minimum atomic E-state index is -0.606. The Morgan fingerprint density at radius 1 is 1.53 bits per heavy atom. The van der Waals surface area contributed by atoms with Crippen molar-refractivity contribution in [2.75, 3.05) is 13.2 Å². The van der Waals surface area contributed by atoms with Crippen molar-refractivity contribution in [2.45, 2.75) is 32.8 Å². The second kappa shape index (κ2) is 6.06. The van der Waals surface area contributed by atoms with Crippen LogP contribution in [0.5, 0.6) is 5.75 Å². The fourth-order valence-corrected chi connectivity index (χ4v) is 1.89. The molecule has 1 saturated carbocycles. The number of aliphatic hydroxyl groups excluding tert-OH is 1. The van der Waals surface area contributed by atoms with E-state index in [1.54, 1.807) is 6.92 Å². The summed E-state index contributed by atoms with van der Waals surface area (Å²) in [5, 5.41) is 12.5. The summed E-state index contributed by atoms with van der Waals surface area (Å²) in [6.45, 7) is 4.38. The summed E-state index contributed by atoms with van der Waals surface area (Å²) >= 11 is 0. The molecule has 4 heteroatoms. The molecule has 1 aliphatic rings. The highest BCUT2D eigenvalue weighted by atomic mass is 16.5. The number of ether oxygens (including phenoxy) is 1. The fraction of sp³-hybridized carbons (Fsp3) is 0.533. The van der Waals surface area contributed by atoms with Gasteiger partial charge in [-0.05, 0) is 44.2 Å². The SMILES string of the molecule is Cc1ccc(C(C)O)c(OCC(=O)NCC2CC2)c1. The number of carbonyl (C=O) groups excluding carboxylic acids is 1. The molecule has 1 fully saturated rings. The summed E-state index contributed by atoms with van der Waals surface area (Å²) < 4.78 is 5.52. The van der Waals surface area contributed by atoms with Crippen molar-refractivity contribution in [1.29, 1.82) is 0 Å². The molecule has 1 unspecified atom stereocenters. The van der Waals surface area contributed by atoms with Crippen molar-refractivity contribution in [1.82, 2.24) is 5.32 Å². The first kappa shape index (κ1) is 13.9. The Morgan fingerprint density at radius 2 is 2.26 bits per heavy atom. The topological polar surface area (TPSA) is 58.6 Å². The highest BCUT2D eigenvalue weighted by Gasteiger charge is 2.21. The van der Waals surface area contributed by atoms with Crippen LogP contribution in [-0.2, 0) is 4.79 Å². The van der Waals surface area contributed by atoms with Gasteiger partial charge in [0.2, 0.25) is 0 Å². The molecule has 1 aromatic rings. The second-order valence-electron chi connectivity index (χ2n) is 5.25. The molecule has 104 valence electrons. The first-order valence-electron chi connectivity index (χ1n) is 6.74. The molecule has 0 saturated heterocycles. The smallest absolute Gasteiger partial charge is 0.257 e. The van der Waals surface area contributed by atoms with Crippen molar-refractivity contribution in [3.8, 4) is 5.75 Å². The van der Waals surface area contributed by atoms with E-state index in [2.05, 4.69) is 5.32 Å². The number of nitrogens with one attached hydrogen (secondary N) is 1. The molecule has 1 aromatic carbocycles. The maximum atomic E-state index is 11.6. The zero-order chi connectivity index (χ0) is 13.8. The Balaban J connectivity index is 1.89. The zero-order valence-electron chi connectivity index (χ0n) is 11.5. The molecule has 19 heavy (non-hydrogen) atoms. The number of carbonyl (C=O) groups is 1. The lowest BCUT2D eigenvalue weighted by Gasteiger charge is -2.14. The fourth-order valence-electron chi connectivity index (χ4n) is 1.89. The van der Waals surface area contributed by atoms with E-state index in [4.69, 9.17) is 4.74 Å². The molecular weight excluding hydrogens is 242 g/mol. The van der Waals surface area contributed by atoms with E-state index in [1.807, 2.05) is 25.1 Å². The summed E-state index contributed by atoms with van der Waals surface area (Å²) in [5.41, 5.74) is 1.75. The average Bonchev–Trinajstić information content (AvgIpc) is 3.17. The van der Waals surface area contributed by atoms with Crippen LogP contribution >= 0.6 is 0 Å². The number of benzene rings is 1. The first-order chi connectivity index (χ1) is 9.06. The average molecular weight is 263 g/mol. The molecule has 2 N–H and O–H groups in total. The van der Waals surface area contributed by atoms with Crippen LogP contribution in [-0.4, -0.2) is 24.2 Å². The normalized spacial score (nSPS) is 15.9. The number of amides is 1. The maximum Gasteiger partial charge on any atom is 0.257 e. The Labute approximate surface area is 113 Å². The Kier molecular flexibility index (Phi) is 4.43. The zero-order valence-corrected chi connectivity index (χ0v) is 11.5. The molecule has 2 rings (SSSR count). The van der Waals surface area contributed by atoms with Gasteiger partial charge in [0.25, 0.3) is 5.91 Å². The van der Waals surface area contributed by atoms with Crippen LogP contribution in [0.4, 0.5) is 0 Å². The molecule has 0 heterocycles. The van der Waals surface area contributed by atoms with Gasteiger partial charge in [0.15, 0.2) is 6.61 Å². The van der Waals surface area contributed by atoms with E-state index >= 15 is 0 Å². The maximum absolute atomic E-state index is 11.6. The van der Waals surface area contributed by atoms with Gasteiger partial charge in [-0.2, -0.15) is 0 Å². The van der Waals surface area contributed by atoms with Crippen molar-refractivity contribution < 1.29 is 14.6 Å². The third-order valence-electron chi connectivity index (χ3n) is 3.26. The number of aliphatic hydroxyl groups is 1. The minimum Gasteiger partial charge on any atom is -0.483 e. The Bertz CT molecular complexity index is 453. The predicted molar refractivity (Wildman–Crippen MR) is 73.0 cm³/mol. The molecule has 1 amide bonds. The van der Waals surface area contributed by atoms with Gasteiger partial charge in [-0.1, -0.05) is 12.1 Å². The lowest BCUT2D eigenvalue weighted by molar-refractivity contribution is -0.123. The second-order valence-corrected chi connectivity index (χ2v) is 5.25. The molecule has 1 atom stereocenters. The van der Waals surface area contributed by atoms with Crippen molar-refractivity contribution in [3.05, 3.63) is 29.3 Å². The van der Waals surface area contributed by atoms with Crippen LogP contribution in [0.2, 0.25) is 0 Å². The molecular formula is C15H21NO3. The van der Waals surface area contributed by atoms with E-state index in [9.17, 15) is 9.90 Å². The third kappa shape index (κ3) is 4.24. The lowest BCUT2D eigenvalue weighted by atomic mass is 10.1. The number of aryl methyl sites for hydroxylation is 1. The summed E-state index contributed by atoms with van der Waals surface area (Å²) in [6.07, 6.45) is 1.82. The van der Waals surface area contributed by atoms with Gasteiger partial charge in [-0.3, -0.25) is 4.79 Å². The molecule has 0 bridgehead atoms. The minimum absolute atomic E-state index is 0.00407. The van der Waals surface area contributed by atoms with Crippen LogP contribution in [0.1, 0.15) is 37.0 Å². The molecule has 0 aromatic heterocycles. The molecule has 4 nitrogen and oxygen atoms in total. The Morgan fingerprint density at radius 3 is 2.89 bits per heavy atom. The van der Waals surface area contributed by atoms with Crippen LogP contribution < -0.4 is 10.1 Å². The van der Waals surface area contributed by atoms with Gasteiger partial charge in [0, 0.05) is 12.1 Å². The number of rotatable bonds is 6. The Hall–Kier alpha value is -1.55. The lowest BCUT2D eigenvalue weighted by Crippen LogP contribution is -2.30. The largest absolute Gasteiger partial charge is 0.483 e. The van der Waals surface area contributed by atoms with Crippen LogP contribution in [0, 0.1) is 12.8 Å². The highest BCUT2D eigenvalue weighted by molar-refractivity contribution is 5.77. The summed E-state index contributed by atoms with van der Waals surface area (Å²) in [5.74, 6) is 1.14. The standard InChI is InChI=1S/C15H21NO3/c1-10-3-6-13(11(2)17)14(7-10)19-9-15(18)16-8-12-4-5-12/h3,6-7,11-12,17H,4-5,8-9H2,1-2H3,(H,16,18). The molecule has 0 radical (unpaired) electrons. The van der Waals surface area contributed by atoms with Crippen LogP contribution in [0.25, 0.3) is 0 Å². The third-order valence-corrected chi connectivity index (χ3v) is 3.26. The number of hydrogen-bond acceptors (Lipinski definition) is 3. The monoisotopic (exact) mass is 263 g/mol. The van der Waals surface area contributed by atoms with Crippen molar-refractivity contribution >= 4 is 5.91 Å². The van der Waals surface area contributed by atoms with E-state index < -0.39 is 6.10 Å².